The molecule has 4 rings (SSSR count). The van der Waals surface area contributed by atoms with Gasteiger partial charge in [-0.3, -0.25) is 14.5 Å². The van der Waals surface area contributed by atoms with E-state index < -0.39 is 17.7 Å². The van der Waals surface area contributed by atoms with E-state index in [0.717, 1.165) is 5.56 Å². The lowest BCUT2D eigenvalue weighted by Gasteiger charge is -2.25. The normalized spacial score (nSPS) is 17.2. The van der Waals surface area contributed by atoms with Crippen LogP contribution in [0.5, 0.6) is 11.5 Å². The number of aliphatic hydroxyl groups is 1. The second kappa shape index (κ2) is 10.1. The van der Waals surface area contributed by atoms with Gasteiger partial charge in [0.15, 0.2) is 0 Å². The van der Waals surface area contributed by atoms with Gasteiger partial charge in [-0.05, 0) is 81.3 Å². The molecule has 1 N–H and O–H groups in total. The monoisotopic (exact) mass is 471 g/mol. The van der Waals surface area contributed by atoms with Crippen LogP contribution < -0.4 is 14.4 Å². The number of ether oxygens (including phenoxy) is 2. The van der Waals surface area contributed by atoms with Crippen LogP contribution in [0, 0.1) is 6.92 Å². The number of amides is 1. The number of nitrogens with zero attached hydrogens (tertiary/aromatic N) is 1. The third-order valence-corrected chi connectivity index (χ3v) is 5.80. The van der Waals surface area contributed by atoms with Crippen LogP contribution in [0.25, 0.3) is 5.76 Å². The Kier molecular flexibility index (Phi) is 6.92. The lowest BCUT2D eigenvalue weighted by atomic mass is 9.94. The molecule has 0 spiro atoms. The van der Waals surface area contributed by atoms with Gasteiger partial charge < -0.3 is 14.6 Å². The average Bonchev–Trinajstić information content (AvgIpc) is 3.11. The summed E-state index contributed by atoms with van der Waals surface area (Å²) < 4.78 is 11.4. The number of ketones is 1. The lowest BCUT2D eigenvalue weighted by molar-refractivity contribution is -0.132. The van der Waals surface area contributed by atoms with E-state index in [4.69, 9.17) is 9.47 Å². The van der Waals surface area contributed by atoms with Crippen molar-refractivity contribution in [2.75, 3.05) is 11.5 Å². The zero-order valence-electron chi connectivity index (χ0n) is 20.3. The maximum absolute atomic E-state index is 13.3. The molecule has 6 nitrogen and oxygen atoms in total. The van der Waals surface area contributed by atoms with Gasteiger partial charge in [0.25, 0.3) is 11.7 Å². The minimum Gasteiger partial charge on any atom is -0.507 e. The van der Waals surface area contributed by atoms with Gasteiger partial charge in [-0.2, -0.15) is 0 Å². The maximum atomic E-state index is 13.3. The van der Waals surface area contributed by atoms with Gasteiger partial charge in [-0.15, -0.1) is 0 Å². The Bertz CT molecular complexity index is 1260. The van der Waals surface area contributed by atoms with E-state index in [1.54, 1.807) is 54.6 Å². The minimum absolute atomic E-state index is 0.00371. The molecule has 1 aliphatic rings. The number of hydrogen-bond acceptors (Lipinski definition) is 5. The van der Waals surface area contributed by atoms with Gasteiger partial charge in [-0.1, -0.05) is 30.3 Å². The number of hydrogen-bond donors (Lipinski definition) is 1. The Hall–Kier alpha value is -4.06. The van der Waals surface area contributed by atoms with E-state index in [-0.39, 0.29) is 17.4 Å². The summed E-state index contributed by atoms with van der Waals surface area (Å²) >= 11 is 0. The highest BCUT2D eigenvalue weighted by Crippen LogP contribution is 2.42. The van der Waals surface area contributed by atoms with Gasteiger partial charge in [0.1, 0.15) is 17.3 Å². The van der Waals surface area contributed by atoms with E-state index >= 15 is 0 Å². The largest absolute Gasteiger partial charge is 0.507 e. The van der Waals surface area contributed by atoms with Crippen molar-refractivity contribution in [2.24, 2.45) is 0 Å². The molecular formula is C29H29NO5. The molecule has 1 saturated heterocycles. The molecule has 1 unspecified atom stereocenters. The Morgan fingerprint density at radius 1 is 1.00 bits per heavy atom. The van der Waals surface area contributed by atoms with Gasteiger partial charge in [0.2, 0.25) is 0 Å². The number of benzene rings is 3. The third-order valence-electron chi connectivity index (χ3n) is 5.80. The van der Waals surface area contributed by atoms with Crippen molar-refractivity contribution in [3.63, 3.8) is 0 Å². The maximum Gasteiger partial charge on any atom is 0.300 e. The molecule has 1 amide bonds. The van der Waals surface area contributed by atoms with Crippen LogP contribution in [0.15, 0.2) is 78.4 Å². The van der Waals surface area contributed by atoms with Gasteiger partial charge >= 0.3 is 0 Å². The van der Waals surface area contributed by atoms with Crippen molar-refractivity contribution in [3.8, 4) is 11.5 Å². The van der Waals surface area contributed by atoms with Crippen molar-refractivity contribution in [1.82, 2.24) is 0 Å². The molecule has 3 aromatic rings. The standard InChI is InChI=1S/C29H29NO5/c1-5-34-23-14-11-20(12-15-23)26-25(28(32)29(33)30(26)22-9-7-6-8-10-22)27(31)21-13-16-24(19(4)17-21)35-18(2)3/h6-18,26,31H,5H2,1-4H3/b27-25-. The van der Waals surface area contributed by atoms with E-state index in [2.05, 4.69) is 0 Å². The van der Waals surface area contributed by atoms with Crippen LogP contribution in [-0.2, 0) is 9.59 Å². The summed E-state index contributed by atoms with van der Waals surface area (Å²) in [4.78, 5) is 28.0. The second-order valence-corrected chi connectivity index (χ2v) is 8.65. The number of para-hydroxylation sites is 1. The fraction of sp³-hybridized carbons (Fsp3) is 0.241. The molecule has 1 atom stereocenters. The number of rotatable bonds is 7. The SMILES string of the molecule is CCOc1ccc(C2/C(=C(/O)c3ccc(OC(C)C)c(C)c3)C(=O)C(=O)N2c2ccccc2)cc1. The first kappa shape index (κ1) is 24.1. The summed E-state index contributed by atoms with van der Waals surface area (Å²) in [6, 6.07) is 20.7. The quantitative estimate of drug-likeness (QED) is 0.267. The second-order valence-electron chi connectivity index (χ2n) is 8.65. The van der Waals surface area contributed by atoms with Crippen LogP contribution in [0.2, 0.25) is 0 Å². The van der Waals surface area contributed by atoms with E-state index in [0.29, 0.717) is 34.9 Å². The van der Waals surface area contributed by atoms with Crippen molar-refractivity contribution < 1.29 is 24.2 Å². The first-order chi connectivity index (χ1) is 16.8. The molecule has 0 saturated carbocycles. The zero-order chi connectivity index (χ0) is 25.1. The van der Waals surface area contributed by atoms with Gasteiger partial charge in [0.05, 0.1) is 24.3 Å². The summed E-state index contributed by atoms with van der Waals surface area (Å²) in [6.07, 6.45) is 0.00371. The molecule has 1 heterocycles. The van der Waals surface area contributed by atoms with Crippen LogP contribution in [0.3, 0.4) is 0 Å². The fourth-order valence-electron chi connectivity index (χ4n) is 4.25. The number of anilines is 1. The molecule has 1 aliphatic heterocycles. The summed E-state index contributed by atoms with van der Waals surface area (Å²) in [5.41, 5.74) is 2.57. The number of carbonyl (C=O) groups is 2. The Labute approximate surface area is 205 Å². The predicted molar refractivity (Wildman–Crippen MR) is 136 cm³/mol. The molecule has 0 radical (unpaired) electrons. The number of Topliss-reactive ketones (excluding diaryl/α,β-unsaturated/α-hetero) is 1. The van der Waals surface area contributed by atoms with Gasteiger partial charge in [0, 0.05) is 11.3 Å². The Morgan fingerprint density at radius 2 is 1.69 bits per heavy atom. The van der Waals surface area contributed by atoms with Crippen LogP contribution in [0.4, 0.5) is 5.69 Å². The summed E-state index contributed by atoms with van der Waals surface area (Å²) in [7, 11) is 0. The molecule has 3 aromatic carbocycles. The van der Waals surface area contributed by atoms with E-state index in [9.17, 15) is 14.7 Å². The van der Waals surface area contributed by atoms with E-state index in [1.807, 2.05) is 45.9 Å². The Balaban J connectivity index is 1.86. The summed E-state index contributed by atoms with van der Waals surface area (Å²) in [5.74, 6) is -0.257. The van der Waals surface area contributed by atoms with Crippen molar-refractivity contribution in [3.05, 3.63) is 95.1 Å². The van der Waals surface area contributed by atoms with Crippen LogP contribution in [0.1, 0.15) is 43.5 Å². The van der Waals surface area contributed by atoms with Crippen LogP contribution in [-0.4, -0.2) is 29.5 Å². The Morgan fingerprint density at radius 3 is 2.29 bits per heavy atom. The highest BCUT2D eigenvalue weighted by molar-refractivity contribution is 6.51. The third kappa shape index (κ3) is 4.78. The first-order valence-electron chi connectivity index (χ1n) is 11.7. The average molecular weight is 472 g/mol. The fourth-order valence-corrected chi connectivity index (χ4v) is 4.25. The minimum atomic E-state index is -0.792. The molecular weight excluding hydrogens is 442 g/mol. The summed E-state index contributed by atoms with van der Waals surface area (Å²) in [6.45, 7) is 8.18. The van der Waals surface area contributed by atoms with Crippen LogP contribution >= 0.6 is 0 Å². The number of carbonyl (C=O) groups excluding carboxylic acids is 2. The predicted octanol–water partition coefficient (Wildman–Crippen LogP) is 5.81. The smallest absolute Gasteiger partial charge is 0.300 e. The molecule has 0 aromatic heterocycles. The molecule has 0 bridgehead atoms. The van der Waals surface area contributed by atoms with Crippen molar-refractivity contribution in [2.45, 2.75) is 39.8 Å². The molecule has 0 aliphatic carbocycles. The molecule has 35 heavy (non-hydrogen) atoms. The number of aliphatic hydroxyl groups excluding tert-OH is 1. The molecule has 180 valence electrons. The van der Waals surface area contributed by atoms with Gasteiger partial charge in [-0.25, -0.2) is 0 Å². The van der Waals surface area contributed by atoms with Crippen molar-refractivity contribution >= 4 is 23.1 Å². The first-order valence-corrected chi connectivity index (χ1v) is 11.7. The molecule has 6 heteroatoms. The lowest BCUT2D eigenvalue weighted by Crippen LogP contribution is -2.29. The molecule has 1 fully saturated rings. The van der Waals surface area contributed by atoms with E-state index in [1.165, 1.54) is 4.90 Å². The zero-order valence-corrected chi connectivity index (χ0v) is 20.3. The topological polar surface area (TPSA) is 76.1 Å². The highest BCUT2D eigenvalue weighted by atomic mass is 16.5. The number of aryl methyl sites for hydroxylation is 1. The highest BCUT2D eigenvalue weighted by Gasteiger charge is 2.46. The summed E-state index contributed by atoms with van der Waals surface area (Å²) in [5, 5.41) is 11.4. The van der Waals surface area contributed by atoms with Crippen molar-refractivity contribution in [1.29, 1.82) is 0 Å².